The third kappa shape index (κ3) is 1.39. The highest BCUT2D eigenvalue weighted by Gasteiger charge is 2.07. The van der Waals surface area contributed by atoms with Crippen molar-refractivity contribution in [2.75, 3.05) is 0 Å². The minimum atomic E-state index is -0.119. The molecular weight excluding hydrogens is 175 g/mol. The second kappa shape index (κ2) is 3.41. The summed E-state index contributed by atoms with van der Waals surface area (Å²) in [7, 11) is 0. The van der Waals surface area contributed by atoms with Gasteiger partial charge < -0.3 is 0 Å². The Kier molecular flexibility index (Phi) is 2.24. The molecule has 0 aliphatic carbocycles. The van der Waals surface area contributed by atoms with Gasteiger partial charge in [0.2, 0.25) is 0 Å². The zero-order chi connectivity index (χ0) is 10.1. The Balaban J connectivity index is 2.84. The van der Waals surface area contributed by atoms with Gasteiger partial charge in [-0.15, -0.1) is 0 Å². The van der Waals surface area contributed by atoms with Crippen LogP contribution in [0.5, 0.6) is 0 Å². The van der Waals surface area contributed by atoms with Crippen molar-refractivity contribution in [1.29, 1.82) is 0 Å². The number of halogens is 1. The van der Waals surface area contributed by atoms with Gasteiger partial charge in [-0.3, -0.25) is 0 Å². The molecule has 0 bridgehead atoms. The van der Waals surface area contributed by atoms with Gasteiger partial charge in [-0.05, 0) is 22.9 Å². The molecule has 14 heavy (non-hydrogen) atoms. The number of hydrogen-bond acceptors (Lipinski definition) is 0. The summed E-state index contributed by atoms with van der Waals surface area (Å²) in [5.41, 5.74) is 1.08. The van der Waals surface area contributed by atoms with E-state index < -0.39 is 0 Å². The highest BCUT2D eigenvalue weighted by Crippen LogP contribution is 2.27. The summed E-state index contributed by atoms with van der Waals surface area (Å²) in [6, 6.07) is 11.2. The molecule has 0 unspecified atom stereocenters. The largest absolute Gasteiger partial charge is 0.206 e. The van der Waals surface area contributed by atoms with Crippen LogP contribution < -0.4 is 0 Å². The summed E-state index contributed by atoms with van der Waals surface area (Å²) >= 11 is 0. The van der Waals surface area contributed by atoms with Crippen LogP contribution in [0.25, 0.3) is 10.8 Å². The fourth-order valence-electron chi connectivity index (χ4n) is 1.80. The summed E-state index contributed by atoms with van der Waals surface area (Å²) in [5.74, 6) is 0.238. The predicted molar refractivity (Wildman–Crippen MR) is 58.0 cm³/mol. The highest BCUT2D eigenvalue weighted by molar-refractivity contribution is 5.86. The lowest BCUT2D eigenvalue weighted by Gasteiger charge is -2.10. The van der Waals surface area contributed by atoms with Crippen LogP contribution in [0.4, 0.5) is 4.39 Å². The molecule has 0 spiro atoms. The standard InChI is InChI=1S/C13H13F/c1-9(2)11-7-3-5-10-6-4-8-12(14)13(10)11/h3-9H,1-2H3. The van der Waals surface area contributed by atoms with Crippen LogP contribution in [0, 0.1) is 5.82 Å². The lowest BCUT2D eigenvalue weighted by Crippen LogP contribution is -1.91. The predicted octanol–water partition coefficient (Wildman–Crippen LogP) is 4.10. The molecule has 0 saturated carbocycles. The number of hydrogen-bond donors (Lipinski definition) is 0. The molecule has 0 aliphatic rings. The first-order valence-electron chi connectivity index (χ1n) is 4.87. The Morgan fingerprint density at radius 1 is 1.00 bits per heavy atom. The summed E-state index contributed by atoms with van der Waals surface area (Å²) in [5, 5.41) is 1.75. The number of benzene rings is 2. The van der Waals surface area contributed by atoms with Crippen LogP contribution in [0.3, 0.4) is 0 Å². The van der Waals surface area contributed by atoms with Crippen molar-refractivity contribution in [3.8, 4) is 0 Å². The molecule has 2 aromatic rings. The Morgan fingerprint density at radius 2 is 1.64 bits per heavy atom. The second-order valence-electron chi connectivity index (χ2n) is 3.84. The first-order valence-corrected chi connectivity index (χ1v) is 4.87. The average Bonchev–Trinajstić information content (AvgIpc) is 2.17. The van der Waals surface area contributed by atoms with Crippen LogP contribution in [-0.2, 0) is 0 Å². The van der Waals surface area contributed by atoms with Gasteiger partial charge in [0.15, 0.2) is 0 Å². The maximum atomic E-state index is 13.6. The monoisotopic (exact) mass is 188 g/mol. The van der Waals surface area contributed by atoms with E-state index in [0.717, 1.165) is 16.3 Å². The molecule has 72 valence electrons. The van der Waals surface area contributed by atoms with Gasteiger partial charge in [0.1, 0.15) is 5.82 Å². The Hall–Kier alpha value is -1.37. The summed E-state index contributed by atoms with van der Waals surface area (Å²) in [4.78, 5) is 0. The number of rotatable bonds is 1. The first-order chi connectivity index (χ1) is 6.70. The van der Waals surface area contributed by atoms with Gasteiger partial charge in [-0.1, -0.05) is 44.2 Å². The first kappa shape index (κ1) is 9.20. The van der Waals surface area contributed by atoms with Crippen molar-refractivity contribution in [3.05, 3.63) is 47.8 Å². The Labute approximate surface area is 83.4 Å². The molecule has 0 fully saturated rings. The molecule has 1 heteroatoms. The van der Waals surface area contributed by atoms with E-state index in [4.69, 9.17) is 0 Å². The molecule has 0 saturated heterocycles. The molecule has 2 aromatic carbocycles. The van der Waals surface area contributed by atoms with Crippen molar-refractivity contribution in [3.63, 3.8) is 0 Å². The maximum absolute atomic E-state index is 13.6. The van der Waals surface area contributed by atoms with Crippen LogP contribution in [0.2, 0.25) is 0 Å². The van der Waals surface area contributed by atoms with Crippen molar-refractivity contribution in [2.24, 2.45) is 0 Å². The normalized spacial score (nSPS) is 11.1. The van der Waals surface area contributed by atoms with Gasteiger partial charge >= 0.3 is 0 Å². The smallest absolute Gasteiger partial charge is 0.131 e. The van der Waals surface area contributed by atoms with Crippen molar-refractivity contribution in [2.45, 2.75) is 19.8 Å². The summed E-state index contributed by atoms with van der Waals surface area (Å²) < 4.78 is 13.6. The average molecular weight is 188 g/mol. The van der Waals surface area contributed by atoms with E-state index in [2.05, 4.69) is 13.8 Å². The van der Waals surface area contributed by atoms with Gasteiger partial charge in [0.05, 0.1) is 0 Å². The fourth-order valence-corrected chi connectivity index (χ4v) is 1.80. The summed E-state index contributed by atoms with van der Waals surface area (Å²) in [6.45, 7) is 4.17. The van der Waals surface area contributed by atoms with Crippen LogP contribution in [-0.4, -0.2) is 0 Å². The van der Waals surface area contributed by atoms with Crippen LogP contribution in [0.15, 0.2) is 36.4 Å². The maximum Gasteiger partial charge on any atom is 0.131 e. The van der Waals surface area contributed by atoms with Gasteiger partial charge in [-0.2, -0.15) is 0 Å². The van der Waals surface area contributed by atoms with Gasteiger partial charge in [-0.25, -0.2) is 4.39 Å². The minimum Gasteiger partial charge on any atom is -0.206 e. The molecule has 0 atom stereocenters. The molecule has 0 radical (unpaired) electrons. The van der Waals surface area contributed by atoms with Crippen LogP contribution in [0.1, 0.15) is 25.3 Å². The topological polar surface area (TPSA) is 0 Å². The Bertz CT molecular complexity index is 452. The zero-order valence-electron chi connectivity index (χ0n) is 8.42. The van der Waals surface area contributed by atoms with E-state index in [9.17, 15) is 4.39 Å². The molecule has 0 aromatic heterocycles. The van der Waals surface area contributed by atoms with Crippen molar-refractivity contribution < 1.29 is 4.39 Å². The highest BCUT2D eigenvalue weighted by atomic mass is 19.1. The molecule has 0 nitrogen and oxygen atoms in total. The van der Waals surface area contributed by atoms with E-state index in [1.54, 1.807) is 6.07 Å². The van der Waals surface area contributed by atoms with E-state index in [1.165, 1.54) is 6.07 Å². The second-order valence-corrected chi connectivity index (χ2v) is 3.84. The third-order valence-electron chi connectivity index (χ3n) is 2.51. The van der Waals surface area contributed by atoms with Gasteiger partial charge in [0.25, 0.3) is 0 Å². The fraction of sp³-hybridized carbons (Fsp3) is 0.231. The van der Waals surface area contributed by atoms with Crippen molar-refractivity contribution in [1.82, 2.24) is 0 Å². The third-order valence-corrected chi connectivity index (χ3v) is 2.51. The van der Waals surface area contributed by atoms with Crippen molar-refractivity contribution >= 4 is 10.8 Å². The molecule has 0 amide bonds. The van der Waals surface area contributed by atoms with E-state index in [0.29, 0.717) is 5.92 Å². The molecule has 0 heterocycles. The van der Waals surface area contributed by atoms with E-state index >= 15 is 0 Å². The Morgan fingerprint density at radius 3 is 2.29 bits per heavy atom. The zero-order valence-corrected chi connectivity index (χ0v) is 8.42. The van der Waals surface area contributed by atoms with E-state index in [1.807, 2.05) is 24.3 Å². The summed E-state index contributed by atoms with van der Waals surface area (Å²) in [6.07, 6.45) is 0. The lowest BCUT2D eigenvalue weighted by atomic mass is 9.96. The molecular formula is C13H13F. The number of fused-ring (bicyclic) bond motifs is 1. The molecule has 0 aliphatic heterocycles. The SMILES string of the molecule is CC(C)c1cccc2cccc(F)c12. The molecule has 0 N–H and O–H groups in total. The van der Waals surface area contributed by atoms with E-state index in [-0.39, 0.29) is 5.82 Å². The quantitative estimate of drug-likeness (QED) is 0.632. The molecule has 2 rings (SSSR count). The van der Waals surface area contributed by atoms with Crippen LogP contribution >= 0.6 is 0 Å². The van der Waals surface area contributed by atoms with Gasteiger partial charge in [0, 0.05) is 5.39 Å². The lowest BCUT2D eigenvalue weighted by molar-refractivity contribution is 0.637. The minimum absolute atomic E-state index is 0.119.